The van der Waals surface area contributed by atoms with Crippen LogP contribution in [0, 0.1) is 5.82 Å². The van der Waals surface area contributed by atoms with Gasteiger partial charge in [-0.1, -0.05) is 25.0 Å². The van der Waals surface area contributed by atoms with Crippen LogP contribution < -0.4 is 15.5 Å². The molecule has 14 heteroatoms. The number of benzene rings is 1. The molecule has 4 aromatic rings. The molecule has 8 rings (SSSR count). The largest absolute Gasteiger partial charge is 0.370 e. The average molecular weight is 737 g/mol. The highest BCUT2D eigenvalue weighted by atomic mass is 19.1. The maximum atomic E-state index is 15.1. The number of carbonyl (C=O) groups excluding carboxylic acids is 3. The Balaban J connectivity index is 0.824. The van der Waals surface area contributed by atoms with E-state index < -0.39 is 11.8 Å². The first-order chi connectivity index (χ1) is 26.2. The lowest BCUT2D eigenvalue weighted by atomic mass is 9.89. The molecule has 0 radical (unpaired) electrons. The summed E-state index contributed by atoms with van der Waals surface area (Å²) in [4.78, 5) is 59.9. The fourth-order valence-corrected chi connectivity index (χ4v) is 8.73. The number of anilines is 3. The molecule has 1 saturated carbocycles. The third-order valence-corrected chi connectivity index (χ3v) is 11.7. The molecule has 2 N–H and O–H groups in total. The van der Waals surface area contributed by atoms with E-state index in [1.165, 1.54) is 0 Å². The molecule has 1 atom stereocenters. The van der Waals surface area contributed by atoms with Crippen molar-refractivity contribution in [1.82, 2.24) is 39.5 Å². The zero-order chi connectivity index (χ0) is 37.3. The van der Waals surface area contributed by atoms with Gasteiger partial charge >= 0.3 is 0 Å². The molecule has 1 aliphatic carbocycles. The fourth-order valence-electron chi connectivity index (χ4n) is 8.73. The Morgan fingerprint density at radius 2 is 1.69 bits per heavy atom. The number of carbonyl (C=O) groups is 3. The van der Waals surface area contributed by atoms with Gasteiger partial charge in [-0.3, -0.25) is 29.5 Å². The Bertz CT molecular complexity index is 2010. The summed E-state index contributed by atoms with van der Waals surface area (Å²) in [7, 11) is 3.56. The van der Waals surface area contributed by atoms with Gasteiger partial charge in [0.25, 0.3) is 5.91 Å². The first-order valence-corrected chi connectivity index (χ1v) is 19.4. The number of halogens is 1. The van der Waals surface area contributed by atoms with Gasteiger partial charge in [0.2, 0.25) is 17.8 Å². The lowest BCUT2D eigenvalue weighted by Crippen LogP contribution is -2.53. The summed E-state index contributed by atoms with van der Waals surface area (Å²) >= 11 is 0. The third-order valence-electron chi connectivity index (χ3n) is 11.7. The molecule has 3 aromatic heterocycles. The van der Waals surface area contributed by atoms with Crippen LogP contribution in [0.3, 0.4) is 0 Å². The smallest absolute Gasteiger partial charge is 0.270 e. The number of pyridine rings is 1. The minimum atomic E-state index is -0.613. The number of piperidine rings is 2. The van der Waals surface area contributed by atoms with Crippen molar-refractivity contribution in [2.24, 2.45) is 0 Å². The molecule has 6 heterocycles. The van der Waals surface area contributed by atoms with Crippen LogP contribution in [-0.2, 0) is 16.1 Å². The molecule has 4 fully saturated rings. The van der Waals surface area contributed by atoms with E-state index in [1.54, 1.807) is 37.3 Å². The van der Waals surface area contributed by atoms with Crippen molar-refractivity contribution in [1.29, 1.82) is 0 Å². The summed E-state index contributed by atoms with van der Waals surface area (Å²) in [5.74, 6) is -0.595. The Morgan fingerprint density at radius 3 is 2.37 bits per heavy atom. The summed E-state index contributed by atoms with van der Waals surface area (Å²) in [6, 6.07) is 11.9. The lowest BCUT2D eigenvalue weighted by molar-refractivity contribution is -0.134. The van der Waals surface area contributed by atoms with Crippen LogP contribution in [0.4, 0.5) is 21.8 Å². The second-order valence-electron chi connectivity index (χ2n) is 15.4. The third kappa shape index (κ3) is 7.54. The lowest BCUT2D eigenvalue weighted by Gasteiger charge is -2.43. The molecule has 54 heavy (non-hydrogen) atoms. The number of aromatic nitrogens is 4. The van der Waals surface area contributed by atoms with Crippen LogP contribution in [0.2, 0.25) is 0 Å². The minimum Gasteiger partial charge on any atom is -0.370 e. The van der Waals surface area contributed by atoms with E-state index in [9.17, 15) is 14.4 Å². The number of imide groups is 1. The molecule has 3 saturated heterocycles. The molecular formula is C40H49FN10O3. The van der Waals surface area contributed by atoms with Gasteiger partial charge in [0.05, 0.1) is 17.8 Å². The number of hydrogen-bond acceptors (Lipinski definition) is 10. The van der Waals surface area contributed by atoms with Crippen molar-refractivity contribution < 1.29 is 18.8 Å². The predicted octanol–water partition coefficient (Wildman–Crippen LogP) is 4.83. The fraction of sp³-hybridized carbons (Fsp3) is 0.500. The van der Waals surface area contributed by atoms with Crippen LogP contribution in [0.25, 0.3) is 11.0 Å². The van der Waals surface area contributed by atoms with Crippen molar-refractivity contribution >= 4 is 46.2 Å². The molecular weight excluding hydrogens is 688 g/mol. The number of nitrogens with one attached hydrogen (secondary N) is 2. The molecule has 4 aliphatic rings. The second kappa shape index (κ2) is 15.4. The maximum Gasteiger partial charge on any atom is 0.270 e. The molecule has 284 valence electrons. The van der Waals surface area contributed by atoms with Gasteiger partial charge in [0.1, 0.15) is 23.0 Å². The molecule has 13 nitrogen and oxygen atoms in total. The summed E-state index contributed by atoms with van der Waals surface area (Å²) in [5, 5.41) is 6.47. The van der Waals surface area contributed by atoms with E-state index in [0.717, 1.165) is 100 Å². The Kier molecular flexibility index (Phi) is 10.3. The number of amides is 3. The highest BCUT2D eigenvalue weighted by Gasteiger charge is 2.31. The van der Waals surface area contributed by atoms with Crippen LogP contribution in [-0.4, -0.2) is 111 Å². The van der Waals surface area contributed by atoms with Crippen molar-refractivity contribution in [2.75, 3.05) is 63.6 Å². The standard InChI is InChI=1S/C40H49FN10O3/c1-47(2)39(54)34-22-27-23-43-40(46-37(27)51(34)29-5-3-4-6-29)44-35-11-8-30(24-42-35)49-15-13-28(14-16-49)50-19-17-48(18-20-50)25-26-7-9-31(33(41)21-26)32-10-12-36(52)45-38(32)53/h7-9,11,21-24,28-29,32H,3-6,10,12-20,25H2,1-2H3,(H,45,52,53)(H,42,43,44,46). The topological polar surface area (TPSA) is 132 Å². The van der Waals surface area contributed by atoms with Gasteiger partial charge in [-0.25, -0.2) is 14.4 Å². The van der Waals surface area contributed by atoms with Gasteiger partial charge < -0.3 is 19.7 Å². The summed E-state index contributed by atoms with van der Waals surface area (Å²) in [5.41, 5.74) is 3.80. The van der Waals surface area contributed by atoms with Crippen molar-refractivity contribution in [3.63, 3.8) is 0 Å². The zero-order valence-corrected chi connectivity index (χ0v) is 31.1. The molecule has 1 aromatic carbocycles. The number of rotatable bonds is 9. The average Bonchev–Trinajstić information content (AvgIpc) is 3.84. The van der Waals surface area contributed by atoms with Crippen molar-refractivity contribution in [3.05, 3.63) is 71.4 Å². The summed E-state index contributed by atoms with van der Waals surface area (Å²) < 4.78 is 17.2. The van der Waals surface area contributed by atoms with Crippen molar-refractivity contribution in [3.8, 4) is 0 Å². The first-order valence-electron chi connectivity index (χ1n) is 19.4. The van der Waals surface area contributed by atoms with Gasteiger partial charge in [-0.2, -0.15) is 4.98 Å². The Hall–Kier alpha value is -4.95. The molecule has 3 amide bonds. The zero-order valence-electron chi connectivity index (χ0n) is 31.1. The van der Waals surface area contributed by atoms with Gasteiger partial charge in [-0.05, 0) is 61.9 Å². The minimum absolute atomic E-state index is 0.0263. The van der Waals surface area contributed by atoms with Gasteiger partial charge in [-0.15, -0.1) is 0 Å². The molecule has 3 aliphatic heterocycles. The molecule has 0 spiro atoms. The molecule has 1 unspecified atom stereocenters. The van der Waals surface area contributed by atoms with Gasteiger partial charge in [0, 0.05) is 95.6 Å². The predicted molar refractivity (Wildman–Crippen MR) is 204 cm³/mol. The van der Waals surface area contributed by atoms with E-state index in [2.05, 4.69) is 41.0 Å². The Morgan fingerprint density at radius 1 is 0.907 bits per heavy atom. The monoisotopic (exact) mass is 736 g/mol. The van der Waals surface area contributed by atoms with E-state index in [0.29, 0.717) is 42.0 Å². The van der Waals surface area contributed by atoms with Crippen LogP contribution in [0.5, 0.6) is 0 Å². The number of hydrogen-bond donors (Lipinski definition) is 2. The van der Waals surface area contributed by atoms with E-state index >= 15 is 4.39 Å². The SMILES string of the molecule is CN(C)C(=O)c1cc2cnc(Nc3ccc(N4CCC(N5CCN(Cc6ccc(C7CCC(=O)NC7=O)c(F)c6)CC5)CC4)cn3)nc2n1C1CCCC1. The van der Waals surface area contributed by atoms with E-state index in [1.807, 2.05) is 24.4 Å². The molecule has 0 bridgehead atoms. The van der Waals surface area contributed by atoms with Crippen molar-refractivity contribution in [2.45, 2.75) is 75.9 Å². The van der Waals surface area contributed by atoms with E-state index in [-0.39, 0.29) is 30.1 Å². The number of piperazine rings is 1. The van der Waals surface area contributed by atoms with Gasteiger partial charge in [0.15, 0.2) is 0 Å². The Labute approximate surface area is 314 Å². The van der Waals surface area contributed by atoms with Crippen LogP contribution in [0.1, 0.15) is 84.9 Å². The quantitative estimate of drug-likeness (QED) is 0.231. The highest BCUT2D eigenvalue weighted by molar-refractivity contribution is 6.01. The second-order valence-corrected chi connectivity index (χ2v) is 15.4. The maximum absolute atomic E-state index is 15.1. The normalized spacial score (nSPS) is 20.8. The number of nitrogens with zero attached hydrogens (tertiary/aromatic N) is 8. The summed E-state index contributed by atoms with van der Waals surface area (Å²) in [6.07, 6.45) is 10.8. The van der Waals surface area contributed by atoms with E-state index in [4.69, 9.17) is 9.97 Å². The highest BCUT2D eigenvalue weighted by Crippen LogP contribution is 2.35. The number of fused-ring (bicyclic) bond motifs is 1. The van der Waals surface area contributed by atoms with Crippen LogP contribution >= 0.6 is 0 Å². The summed E-state index contributed by atoms with van der Waals surface area (Å²) in [6.45, 7) is 6.41. The van der Waals surface area contributed by atoms with Crippen LogP contribution in [0.15, 0.2) is 48.8 Å². The first kappa shape index (κ1) is 36.0.